The molecule has 1 atom stereocenters. The summed E-state index contributed by atoms with van der Waals surface area (Å²) >= 11 is 0. The number of rotatable bonds is 6. The lowest BCUT2D eigenvalue weighted by atomic mass is 9.92. The Bertz CT molecular complexity index is 949. The maximum Gasteiger partial charge on any atom is 0.227 e. The molecule has 1 saturated heterocycles. The van der Waals surface area contributed by atoms with Crippen LogP contribution in [0.5, 0.6) is 0 Å². The van der Waals surface area contributed by atoms with Crippen molar-refractivity contribution in [2.24, 2.45) is 5.41 Å². The molecule has 28 heavy (non-hydrogen) atoms. The van der Waals surface area contributed by atoms with Crippen molar-refractivity contribution in [2.75, 3.05) is 19.3 Å². The molecule has 1 aromatic carbocycles. The first-order valence-corrected chi connectivity index (χ1v) is 11.4. The molecule has 1 aliphatic heterocycles. The Morgan fingerprint density at radius 1 is 1.29 bits per heavy atom. The molecule has 150 valence electrons. The lowest BCUT2D eigenvalue weighted by Gasteiger charge is -2.33. The summed E-state index contributed by atoms with van der Waals surface area (Å²) in [5.74, 6) is 1.06. The molecule has 1 aliphatic carbocycles. The zero-order valence-corrected chi connectivity index (χ0v) is 16.6. The zero-order chi connectivity index (χ0) is 19.8. The summed E-state index contributed by atoms with van der Waals surface area (Å²) in [7, 11) is -3.18. The molecular weight excluding hydrogens is 380 g/mol. The number of carbonyl (C=O) groups is 1. The highest BCUT2D eigenvalue weighted by molar-refractivity contribution is 7.88. The predicted molar refractivity (Wildman–Crippen MR) is 103 cm³/mol. The van der Waals surface area contributed by atoms with E-state index in [1.165, 1.54) is 6.26 Å². The zero-order valence-electron chi connectivity index (χ0n) is 15.8. The van der Waals surface area contributed by atoms with Crippen LogP contribution in [-0.2, 0) is 21.2 Å². The molecule has 0 radical (unpaired) electrons. The minimum Gasteiger partial charge on any atom is -0.343 e. The van der Waals surface area contributed by atoms with Crippen molar-refractivity contribution in [3.63, 3.8) is 0 Å². The first kappa shape index (κ1) is 19.1. The van der Waals surface area contributed by atoms with E-state index >= 15 is 0 Å². The molecule has 0 bridgehead atoms. The molecule has 9 heteroatoms. The molecule has 2 aliphatic rings. The summed E-state index contributed by atoms with van der Waals surface area (Å²) in [5.41, 5.74) is 0.920. The van der Waals surface area contributed by atoms with Gasteiger partial charge in [-0.25, -0.2) is 13.1 Å². The largest absolute Gasteiger partial charge is 0.343 e. The maximum absolute atomic E-state index is 12.5. The second kappa shape index (κ2) is 7.29. The van der Waals surface area contributed by atoms with Gasteiger partial charge in [0.15, 0.2) is 0 Å². The van der Waals surface area contributed by atoms with Crippen LogP contribution in [0.2, 0.25) is 0 Å². The van der Waals surface area contributed by atoms with Gasteiger partial charge in [0.1, 0.15) is 0 Å². The van der Waals surface area contributed by atoms with Gasteiger partial charge in [-0.05, 0) is 24.7 Å². The number of aromatic nitrogens is 2. The van der Waals surface area contributed by atoms with E-state index in [2.05, 4.69) is 14.9 Å². The molecule has 1 aromatic heterocycles. The van der Waals surface area contributed by atoms with Gasteiger partial charge in [-0.1, -0.05) is 35.5 Å². The van der Waals surface area contributed by atoms with Gasteiger partial charge in [-0.2, -0.15) is 4.98 Å². The fourth-order valence-corrected chi connectivity index (χ4v) is 4.81. The van der Waals surface area contributed by atoms with Crippen molar-refractivity contribution < 1.29 is 17.7 Å². The average Bonchev–Trinajstić information content (AvgIpc) is 3.10. The molecule has 8 nitrogen and oxygen atoms in total. The van der Waals surface area contributed by atoms with Crippen molar-refractivity contribution in [3.05, 3.63) is 36.2 Å². The predicted octanol–water partition coefficient (Wildman–Crippen LogP) is 1.60. The number of piperidine rings is 1. The molecule has 4 rings (SSSR count). The summed E-state index contributed by atoms with van der Waals surface area (Å²) in [6.07, 6.45) is 4.48. The molecule has 1 amide bonds. The van der Waals surface area contributed by atoms with Crippen molar-refractivity contribution in [2.45, 2.75) is 38.1 Å². The van der Waals surface area contributed by atoms with Crippen molar-refractivity contribution in [3.8, 4) is 11.4 Å². The van der Waals surface area contributed by atoms with Gasteiger partial charge in [0.2, 0.25) is 27.6 Å². The number of hydrogen-bond acceptors (Lipinski definition) is 6. The van der Waals surface area contributed by atoms with E-state index in [0.29, 0.717) is 37.6 Å². The Morgan fingerprint density at radius 2 is 2.00 bits per heavy atom. The number of sulfonamides is 1. The minimum absolute atomic E-state index is 0.0227. The highest BCUT2D eigenvalue weighted by Gasteiger charge is 2.56. The SMILES string of the molecule is CS(=O)(=O)NC1CC12CCN(C(=O)CCc1nc(-c3ccccc3)no1)CC2. The number of hydrogen-bond donors (Lipinski definition) is 1. The summed E-state index contributed by atoms with van der Waals surface area (Å²) in [4.78, 5) is 18.7. The van der Waals surface area contributed by atoms with Gasteiger partial charge in [-0.3, -0.25) is 4.79 Å². The maximum atomic E-state index is 12.5. The van der Waals surface area contributed by atoms with E-state index in [0.717, 1.165) is 24.8 Å². The molecular formula is C19H24N4O4S. The number of benzene rings is 1. The van der Waals surface area contributed by atoms with Gasteiger partial charge >= 0.3 is 0 Å². The topological polar surface area (TPSA) is 105 Å². The van der Waals surface area contributed by atoms with Gasteiger partial charge in [0, 0.05) is 37.5 Å². The third kappa shape index (κ3) is 4.25. The summed E-state index contributed by atoms with van der Waals surface area (Å²) in [5, 5.41) is 3.97. The summed E-state index contributed by atoms with van der Waals surface area (Å²) in [6, 6.07) is 9.59. The third-order valence-electron chi connectivity index (χ3n) is 5.71. The summed E-state index contributed by atoms with van der Waals surface area (Å²) in [6.45, 7) is 1.33. The van der Waals surface area contributed by atoms with Crippen molar-refractivity contribution >= 4 is 15.9 Å². The Hall–Kier alpha value is -2.26. The van der Waals surface area contributed by atoms with Gasteiger partial charge in [0.25, 0.3) is 0 Å². The molecule has 1 N–H and O–H groups in total. The number of carbonyl (C=O) groups excluding carboxylic acids is 1. The molecule has 2 aromatic rings. The van der Waals surface area contributed by atoms with Crippen molar-refractivity contribution in [1.29, 1.82) is 0 Å². The molecule has 1 saturated carbocycles. The van der Waals surface area contributed by atoms with Crippen LogP contribution in [0.15, 0.2) is 34.9 Å². The molecule has 1 spiro atoms. The Kier molecular flexibility index (Phi) is 4.96. The smallest absolute Gasteiger partial charge is 0.227 e. The van der Waals surface area contributed by atoms with E-state index in [1.54, 1.807) is 0 Å². The Labute approximate surface area is 164 Å². The van der Waals surface area contributed by atoms with E-state index in [-0.39, 0.29) is 17.4 Å². The van der Waals surface area contributed by atoms with Crippen molar-refractivity contribution in [1.82, 2.24) is 19.8 Å². The standard InChI is InChI=1S/C19H24N4O4S/c1-28(25,26)22-15-13-19(15)9-11-23(12-10-19)17(24)8-7-16-20-18(21-27-16)14-5-3-2-4-6-14/h2-6,15,22H,7-13H2,1H3. The normalized spacial score (nSPS) is 21.0. The average molecular weight is 404 g/mol. The van der Waals surface area contributed by atoms with E-state index in [9.17, 15) is 13.2 Å². The van der Waals surface area contributed by atoms with Crippen LogP contribution in [0, 0.1) is 5.41 Å². The number of likely N-dealkylation sites (tertiary alicyclic amines) is 1. The summed E-state index contributed by atoms with van der Waals surface area (Å²) < 4.78 is 30.8. The fraction of sp³-hybridized carbons (Fsp3) is 0.526. The quantitative estimate of drug-likeness (QED) is 0.784. The van der Waals surface area contributed by atoms with Crippen LogP contribution in [-0.4, -0.2) is 54.8 Å². The van der Waals surface area contributed by atoms with Crippen LogP contribution in [0.1, 0.15) is 31.6 Å². The van der Waals surface area contributed by atoms with Crippen LogP contribution < -0.4 is 4.72 Å². The fourth-order valence-electron chi connectivity index (χ4n) is 3.96. The van der Waals surface area contributed by atoms with Crippen LogP contribution in [0.25, 0.3) is 11.4 Å². The van der Waals surface area contributed by atoms with Gasteiger partial charge in [0.05, 0.1) is 6.26 Å². The first-order chi connectivity index (χ1) is 13.3. The molecule has 1 unspecified atom stereocenters. The van der Waals surface area contributed by atoms with E-state index in [1.807, 2.05) is 35.2 Å². The second-order valence-electron chi connectivity index (χ2n) is 7.77. The highest BCUT2D eigenvalue weighted by atomic mass is 32.2. The molecule has 2 fully saturated rings. The van der Waals surface area contributed by atoms with Crippen LogP contribution in [0.3, 0.4) is 0 Å². The molecule has 2 heterocycles. The second-order valence-corrected chi connectivity index (χ2v) is 9.55. The number of nitrogens with zero attached hydrogens (tertiary/aromatic N) is 3. The van der Waals surface area contributed by atoms with E-state index < -0.39 is 10.0 Å². The lowest BCUT2D eigenvalue weighted by Crippen LogP contribution is -2.41. The highest BCUT2D eigenvalue weighted by Crippen LogP contribution is 2.54. The van der Waals surface area contributed by atoms with Crippen LogP contribution in [0.4, 0.5) is 0 Å². The first-order valence-electron chi connectivity index (χ1n) is 9.48. The van der Waals surface area contributed by atoms with Gasteiger partial charge in [-0.15, -0.1) is 0 Å². The Morgan fingerprint density at radius 3 is 2.68 bits per heavy atom. The number of aryl methyl sites for hydroxylation is 1. The number of amides is 1. The van der Waals surface area contributed by atoms with Gasteiger partial charge < -0.3 is 9.42 Å². The lowest BCUT2D eigenvalue weighted by molar-refractivity contribution is -0.132. The van der Waals surface area contributed by atoms with E-state index in [4.69, 9.17) is 4.52 Å². The van der Waals surface area contributed by atoms with Crippen LogP contribution >= 0.6 is 0 Å². The monoisotopic (exact) mass is 404 g/mol. The minimum atomic E-state index is -3.18. The Balaban J connectivity index is 1.25. The third-order valence-corrected chi connectivity index (χ3v) is 6.42. The number of nitrogens with one attached hydrogen (secondary N) is 1.